The number of esters is 1. The first-order valence-electron chi connectivity index (χ1n) is 10.3. The number of alkyl halides is 3. The van der Waals surface area contributed by atoms with Crippen molar-refractivity contribution < 1.29 is 32.3 Å². The highest BCUT2D eigenvalue weighted by atomic mass is 32.1. The maximum atomic E-state index is 13.6. The van der Waals surface area contributed by atoms with Gasteiger partial charge in [-0.25, -0.2) is 14.3 Å². The van der Waals surface area contributed by atoms with Crippen LogP contribution >= 0.6 is 11.3 Å². The number of anilines is 1. The van der Waals surface area contributed by atoms with Crippen LogP contribution in [0, 0.1) is 6.92 Å². The Kier molecular flexibility index (Phi) is 5.84. The summed E-state index contributed by atoms with van der Waals surface area (Å²) in [4.78, 5) is 41.5. The molecule has 1 fully saturated rings. The summed E-state index contributed by atoms with van der Waals surface area (Å²) in [6.45, 7) is 4.74. The zero-order valence-electron chi connectivity index (χ0n) is 18.3. The number of aromatic nitrogens is 3. The van der Waals surface area contributed by atoms with Gasteiger partial charge in [-0.2, -0.15) is 18.3 Å². The number of rotatable bonds is 6. The van der Waals surface area contributed by atoms with Crippen molar-refractivity contribution in [3.05, 3.63) is 45.2 Å². The topological polar surface area (TPSA) is 129 Å². The third kappa shape index (κ3) is 4.47. The van der Waals surface area contributed by atoms with E-state index >= 15 is 0 Å². The van der Waals surface area contributed by atoms with E-state index in [-0.39, 0.29) is 38.3 Å². The van der Waals surface area contributed by atoms with Crippen LogP contribution in [0.1, 0.15) is 80.1 Å². The second-order valence-electron chi connectivity index (χ2n) is 8.17. The molecule has 3 N–H and O–H groups in total. The molecule has 0 aromatic carbocycles. The summed E-state index contributed by atoms with van der Waals surface area (Å²) in [7, 11) is 0. The van der Waals surface area contributed by atoms with E-state index in [1.54, 1.807) is 13.8 Å². The van der Waals surface area contributed by atoms with Crippen molar-refractivity contribution >= 4 is 39.8 Å². The highest BCUT2D eigenvalue weighted by Gasteiger charge is 2.37. The highest BCUT2D eigenvalue weighted by molar-refractivity contribution is 7.18. The van der Waals surface area contributed by atoms with Gasteiger partial charge in [-0.3, -0.25) is 9.59 Å². The molecular formula is C21H20F3N5O4S. The third-order valence-electron chi connectivity index (χ3n) is 5.11. The number of halogens is 3. The molecule has 0 atom stereocenters. The van der Waals surface area contributed by atoms with E-state index in [2.05, 4.69) is 15.4 Å². The molecule has 34 heavy (non-hydrogen) atoms. The van der Waals surface area contributed by atoms with Crippen LogP contribution in [0.3, 0.4) is 0 Å². The summed E-state index contributed by atoms with van der Waals surface area (Å²) < 4.78 is 46.6. The molecule has 3 heterocycles. The molecule has 4 rings (SSSR count). The van der Waals surface area contributed by atoms with Gasteiger partial charge in [-0.1, -0.05) is 0 Å². The van der Waals surface area contributed by atoms with E-state index < -0.39 is 35.8 Å². The first kappa shape index (κ1) is 23.7. The number of primary amides is 1. The number of carbonyl (C=O) groups is 3. The SMILES string of the molecule is Cc1c(C(N)=O)sc(NC(=O)c2cc3nc(C4CC4)cc(C(F)(F)F)n3n2)c1C(=O)OC(C)C. The van der Waals surface area contributed by atoms with Crippen molar-refractivity contribution in [3.63, 3.8) is 0 Å². The number of hydrogen-bond donors (Lipinski definition) is 2. The van der Waals surface area contributed by atoms with Crippen molar-refractivity contribution in [1.29, 1.82) is 0 Å². The molecule has 0 bridgehead atoms. The van der Waals surface area contributed by atoms with Gasteiger partial charge in [0.05, 0.1) is 16.5 Å². The number of fused-ring (bicyclic) bond motifs is 1. The molecule has 0 aliphatic heterocycles. The van der Waals surface area contributed by atoms with Crippen molar-refractivity contribution in [2.75, 3.05) is 5.32 Å². The van der Waals surface area contributed by atoms with Crippen molar-refractivity contribution in [3.8, 4) is 0 Å². The average molecular weight is 495 g/mol. The molecule has 0 unspecified atom stereocenters. The number of nitrogens with one attached hydrogen (secondary N) is 1. The van der Waals surface area contributed by atoms with Crippen LogP contribution < -0.4 is 11.1 Å². The molecule has 1 aliphatic carbocycles. The van der Waals surface area contributed by atoms with Crippen LogP contribution in [0.15, 0.2) is 12.1 Å². The number of ether oxygens (including phenoxy) is 1. The Hall–Kier alpha value is -3.48. The number of carbonyl (C=O) groups excluding carboxylic acids is 3. The Balaban J connectivity index is 1.73. The summed E-state index contributed by atoms with van der Waals surface area (Å²) in [5.41, 5.74) is 4.32. The van der Waals surface area contributed by atoms with Gasteiger partial charge in [0, 0.05) is 17.7 Å². The Morgan fingerprint density at radius 2 is 1.94 bits per heavy atom. The normalized spacial score (nSPS) is 14.0. The second-order valence-corrected chi connectivity index (χ2v) is 9.19. The Bertz CT molecular complexity index is 1320. The van der Waals surface area contributed by atoms with E-state index in [1.807, 2.05) is 0 Å². The lowest BCUT2D eigenvalue weighted by molar-refractivity contribution is -0.142. The van der Waals surface area contributed by atoms with Crippen LogP contribution in [-0.4, -0.2) is 38.5 Å². The van der Waals surface area contributed by atoms with Gasteiger partial charge in [0.15, 0.2) is 11.3 Å². The lowest BCUT2D eigenvalue weighted by atomic mass is 10.1. The Morgan fingerprint density at radius 1 is 1.26 bits per heavy atom. The largest absolute Gasteiger partial charge is 0.459 e. The van der Waals surface area contributed by atoms with Crippen molar-refractivity contribution in [2.45, 2.75) is 51.8 Å². The minimum absolute atomic E-state index is 0.0262. The molecule has 0 radical (unpaired) electrons. The van der Waals surface area contributed by atoms with E-state index in [0.717, 1.165) is 36.3 Å². The van der Waals surface area contributed by atoms with Crippen LogP contribution in [0.25, 0.3) is 5.65 Å². The summed E-state index contributed by atoms with van der Waals surface area (Å²) in [6.07, 6.45) is -3.69. The summed E-state index contributed by atoms with van der Waals surface area (Å²) in [5.74, 6) is -2.52. The molecule has 13 heteroatoms. The number of nitrogens with two attached hydrogens (primary N) is 1. The Labute approximate surface area is 195 Å². The second kappa shape index (κ2) is 8.38. The van der Waals surface area contributed by atoms with E-state index in [4.69, 9.17) is 10.5 Å². The van der Waals surface area contributed by atoms with Gasteiger partial charge >= 0.3 is 12.1 Å². The maximum Gasteiger partial charge on any atom is 0.433 e. The van der Waals surface area contributed by atoms with Crippen LogP contribution in [0.4, 0.5) is 18.2 Å². The minimum atomic E-state index is -4.71. The van der Waals surface area contributed by atoms with Gasteiger partial charge in [0.25, 0.3) is 11.8 Å². The van der Waals surface area contributed by atoms with E-state index in [0.29, 0.717) is 10.2 Å². The molecule has 1 aliphatic rings. The highest BCUT2D eigenvalue weighted by Crippen LogP contribution is 2.41. The van der Waals surface area contributed by atoms with Gasteiger partial charge in [-0.15, -0.1) is 11.3 Å². The fraction of sp³-hybridized carbons (Fsp3) is 0.381. The first-order chi connectivity index (χ1) is 15.9. The maximum absolute atomic E-state index is 13.6. The zero-order chi connectivity index (χ0) is 24.9. The molecule has 0 saturated heterocycles. The molecule has 3 aromatic rings. The third-order valence-corrected chi connectivity index (χ3v) is 6.33. The fourth-order valence-electron chi connectivity index (χ4n) is 3.42. The van der Waals surface area contributed by atoms with E-state index in [1.165, 1.54) is 6.92 Å². The van der Waals surface area contributed by atoms with Crippen LogP contribution in [0.5, 0.6) is 0 Å². The lowest BCUT2D eigenvalue weighted by Crippen LogP contribution is -2.18. The predicted octanol–water partition coefficient (Wildman–Crippen LogP) is 3.91. The van der Waals surface area contributed by atoms with Gasteiger partial charge in [0.1, 0.15) is 10.7 Å². The minimum Gasteiger partial charge on any atom is -0.459 e. The average Bonchev–Trinajstić information content (AvgIpc) is 3.39. The Morgan fingerprint density at radius 3 is 2.50 bits per heavy atom. The quantitative estimate of drug-likeness (QED) is 0.499. The van der Waals surface area contributed by atoms with Gasteiger partial charge in [0.2, 0.25) is 0 Å². The van der Waals surface area contributed by atoms with Gasteiger partial charge in [-0.05, 0) is 45.2 Å². The van der Waals surface area contributed by atoms with Crippen LogP contribution in [0.2, 0.25) is 0 Å². The number of nitrogens with zero attached hydrogens (tertiary/aromatic N) is 3. The van der Waals surface area contributed by atoms with Crippen molar-refractivity contribution in [1.82, 2.24) is 14.6 Å². The summed E-state index contributed by atoms with van der Waals surface area (Å²) in [6, 6.07) is 2.08. The standard InChI is InChI=1S/C21H20F3N5O4S/c1-8(2)33-20(32)15-9(3)16(17(25)30)34-19(15)27-18(31)12-7-14-26-11(10-4-5-10)6-13(21(22,23)24)29(14)28-12/h6-8,10H,4-5H2,1-3H3,(H2,25,30)(H,27,31). The van der Waals surface area contributed by atoms with Gasteiger partial charge < -0.3 is 15.8 Å². The monoisotopic (exact) mass is 495 g/mol. The zero-order valence-corrected chi connectivity index (χ0v) is 19.1. The summed E-state index contributed by atoms with van der Waals surface area (Å²) in [5, 5.41) is 6.23. The fourth-order valence-corrected chi connectivity index (χ4v) is 4.46. The lowest BCUT2D eigenvalue weighted by Gasteiger charge is -2.10. The molecule has 9 nitrogen and oxygen atoms in total. The molecule has 1 saturated carbocycles. The molecule has 180 valence electrons. The number of amides is 2. The smallest absolute Gasteiger partial charge is 0.433 e. The molecule has 2 amide bonds. The molecule has 3 aromatic heterocycles. The van der Waals surface area contributed by atoms with E-state index in [9.17, 15) is 27.6 Å². The molecular weight excluding hydrogens is 475 g/mol. The van der Waals surface area contributed by atoms with Crippen LogP contribution in [-0.2, 0) is 10.9 Å². The first-order valence-corrected chi connectivity index (χ1v) is 11.1. The van der Waals surface area contributed by atoms with Crippen molar-refractivity contribution in [2.24, 2.45) is 5.73 Å². The number of thiophene rings is 1. The predicted molar refractivity (Wildman–Crippen MR) is 116 cm³/mol. The molecule has 0 spiro atoms. The number of hydrogen-bond acceptors (Lipinski definition) is 7. The summed E-state index contributed by atoms with van der Waals surface area (Å²) >= 11 is 0.764.